The van der Waals surface area contributed by atoms with Crippen LogP contribution in [-0.4, -0.2) is 36.6 Å². The Bertz CT molecular complexity index is 665. The summed E-state index contributed by atoms with van der Waals surface area (Å²) in [7, 11) is 1.93. The van der Waals surface area contributed by atoms with E-state index in [1.165, 1.54) is 0 Å². The zero-order chi connectivity index (χ0) is 17.0. The summed E-state index contributed by atoms with van der Waals surface area (Å²) in [4.78, 5) is 29.1. The maximum Gasteiger partial charge on any atom is 0.321 e. The number of carbonyl (C=O) groups excluding carboxylic acids is 2. The van der Waals surface area contributed by atoms with Gasteiger partial charge in [0, 0.05) is 6.04 Å². The Kier molecular flexibility index (Phi) is 5.68. The van der Waals surface area contributed by atoms with Crippen molar-refractivity contribution in [1.29, 1.82) is 0 Å². The summed E-state index contributed by atoms with van der Waals surface area (Å²) in [5.41, 5.74) is 0.980. The fourth-order valence-electron chi connectivity index (χ4n) is 2.16. The van der Waals surface area contributed by atoms with Crippen LogP contribution in [0.5, 0.6) is 0 Å². The van der Waals surface area contributed by atoms with Crippen molar-refractivity contribution >= 4 is 33.5 Å². The molecule has 1 heterocycles. The van der Waals surface area contributed by atoms with Crippen molar-refractivity contribution in [1.82, 2.24) is 15.6 Å². The van der Waals surface area contributed by atoms with Crippen LogP contribution >= 0.6 is 11.3 Å². The smallest absolute Gasteiger partial charge is 0.321 e. The molecular weight excluding hydrogens is 312 g/mol. The van der Waals surface area contributed by atoms with Crippen LogP contribution in [0.1, 0.15) is 31.8 Å². The fraction of sp³-hybridized carbons (Fsp3) is 0.438. The average Bonchev–Trinajstić information content (AvgIpc) is 2.88. The molecule has 2 aromatic rings. The monoisotopic (exact) mass is 335 g/mol. The lowest BCUT2D eigenvalue weighted by molar-refractivity contribution is -0.902. The number of hydrogen-bond donors (Lipinski definition) is 3. The molecule has 3 N–H and O–H groups in total. The van der Waals surface area contributed by atoms with Gasteiger partial charge in [-0.15, -0.1) is 11.3 Å². The van der Waals surface area contributed by atoms with Crippen molar-refractivity contribution in [2.45, 2.75) is 32.9 Å². The van der Waals surface area contributed by atoms with Gasteiger partial charge >= 0.3 is 6.03 Å². The normalized spacial score (nSPS) is 13.8. The number of carbonyl (C=O) groups is 2. The number of para-hydroxylation sites is 1. The quantitative estimate of drug-likeness (QED) is 0.766. The Morgan fingerprint density at radius 2 is 1.96 bits per heavy atom. The Hall–Kier alpha value is -1.99. The molecule has 0 aliphatic heterocycles. The van der Waals surface area contributed by atoms with Crippen molar-refractivity contribution in [2.75, 3.05) is 13.6 Å². The number of thiazole rings is 1. The van der Waals surface area contributed by atoms with Crippen LogP contribution in [0.3, 0.4) is 0 Å². The van der Waals surface area contributed by atoms with Crippen LogP contribution in [0.15, 0.2) is 24.3 Å². The molecule has 0 saturated heterocycles. The topological polar surface area (TPSA) is 75.5 Å². The molecule has 1 aromatic heterocycles. The first-order valence-electron chi connectivity index (χ1n) is 7.65. The molecule has 0 radical (unpaired) electrons. The van der Waals surface area contributed by atoms with E-state index < -0.39 is 6.03 Å². The highest BCUT2D eigenvalue weighted by molar-refractivity contribution is 7.18. The zero-order valence-corrected chi connectivity index (χ0v) is 14.7. The van der Waals surface area contributed by atoms with Crippen molar-refractivity contribution < 1.29 is 14.5 Å². The molecule has 2 rings (SSSR count). The van der Waals surface area contributed by atoms with E-state index in [1.807, 2.05) is 52.1 Å². The molecule has 0 aliphatic rings. The summed E-state index contributed by atoms with van der Waals surface area (Å²) < 4.78 is 1.14. The molecule has 0 saturated carbocycles. The number of benzene rings is 1. The lowest BCUT2D eigenvalue weighted by Crippen LogP contribution is -3.10. The van der Waals surface area contributed by atoms with E-state index in [2.05, 4.69) is 15.6 Å². The number of rotatable bonds is 5. The molecule has 124 valence electrons. The van der Waals surface area contributed by atoms with E-state index >= 15 is 0 Å². The number of likely N-dealkylation sites (N-methyl/N-ethyl adjacent to an activating group) is 1. The largest absolute Gasteiger partial charge is 0.336 e. The summed E-state index contributed by atoms with van der Waals surface area (Å²) in [6.07, 6.45) is 0. The SMILES string of the molecule is CC(C)NC(=O)NC(=O)C[NH+](C)[C@H](C)c1nc2ccccc2s1. The summed E-state index contributed by atoms with van der Waals surface area (Å²) >= 11 is 1.64. The number of nitrogens with zero attached hydrogens (tertiary/aromatic N) is 1. The second kappa shape index (κ2) is 7.52. The third kappa shape index (κ3) is 4.74. The van der Waals surface area contributed by atoms with Gasteiger partial charge < -0.3 is 10.2 Å². The Balaban J connectivity index is 1.95. The number of nitrogens with one attached hydrogen (secondary N) is 3. The molecular formula is C16H23N4O2S+. The minimum Gasteiger partial charge on any atom is -0.336 e. The molecule has 1 aromatic carbocycles. The number of amides is 3. The fourth-order valence-corrected chi connectivity index (χ4v) is 3.27. The second-order valence-electron chi connectivity index (χ2n) is 5.94. The maximum absolute atomic E-state index is 11.9. The molecule has 7 heteroatoms. The molecule has 1 unspecified atom stereocenters. The lowest BCUT2D eigenvalue weighted by Gasteiger charge is -2.19. The van der Waals surface area contributed by atoms with E-state index in [9.17, 15) is 9.59 Å². The highest BCUT2D eigenvalue weighted by Crippen LogP contribution is 2.24. The molecule has 0 fully saturated rings. The minimum atomic E-state index is -0.453. The molecule has 6 nitrogen and oxygen atoms in total. The minimum absolute atomic E-state index is 0.00505. The molecule has 0 spiro atoms. The van der Waals surface area contributed by atoms with Gasteiger partial charge in [-0.05, 0) is 32.9 Å². The van der Waals surface area contributed by atoms with Gasteiger partial charge in [0.2, 0.25) is 0 Å². The maximum atomic E-state index is 11.9. The van der Waals surface area contributed by atoms with Gasteiger partial charge in [-0.3, -0.25) is 10.1 Å². The Labute approximate surface area is 139 Å². The predicted molar refractivity (Wildman–Crippen MR) is 91.6 cm³/mol. The Morgan fingerprint density at radius 1 is 1.26 bits per heavy atom. The molecule has 2 atom stereocenters. The van der Waals surface area contributed by atoms with Crippen LogP contribution in [0.2, 0.25) is 0 Å². The van der Waals surface area contributed by atoms with Crippen LogP contribution in [0, 0.1) is 0 Å². The van der Waals surface area contributed by atoms with Gasteiger partial charge in [-0.2, -0.15) is 0 Å². The number of fused-ring (bicyclic) bond motifs is 1. The second-order valence-corrected chi connectivity index (χ2v) is 7.00. The van der Waals surface area contributed by atoms with E-state index in [4.69, 9.17) is 0 Å². The number of quaternary nitrogens is 1. The molecule has 3 amide bonds. The third-order valence-corrected chi connectivity index (χ3v) is 4.75. The van der Waals surface area contributed by atoms with Crippen LogP contribution in [0.4, 0.5) is 4.79 Å². The number of aromatic nitrogens is 1. The van der Waals surface area contributed by atoms with Crippen molar-refractivity contribution in [3.63, 3.8) is 0 Å². The van der Waals surface area contributed by atoms with E-state index in [1.54, 1.807) is 11.3 Å². The third-order valence-electron chi connectivity index (χ3n) is 3.53. The van der Waals surface area contributed by atoms with Gasteiger partial charge in [0.1, 0.15) is 6.04 Å². The lowest BCUT2D eigenvalue weighted by atomic mass is 10.3. The van der Waals surface area contributed by atoms with Gasteiger partial charge in [0.05, 0.1) is 17.3 Å². The van der Waals surface area contributed by atoms with Crippen LogP contribution in [0.25, 0.3) is 10.2 Å². The highest BCUT2D eigenvalue weighted by Gasteiger charge is 2.22. The first-order chi connectivity index (χ1) is 10.9. The van der Waals surface area contributed by atoms with Gasteiger partial charge in [0.25, 0.3) is 5.91 Å². The van der Waals surface area contributed by atoms with Crippen LogP contribution in [-0.2, 0) is 4.79 Å². The number of urea groups is 1. The molecule has 23 heavy (non-hydrogen) atoms. The summed E-state index contributed by atoms with van der Waals surface area (Å²) in [6.45, 7) is 5.93. The predicted octanol–water partition coefficient (Wildman–Crippen LogP) is 1.11. The van der Waals surface area contributed by atoms with Crippen molar-refractivity contribution in [3.8, 4) is 0 Å². The average molecular weight is 335 g/mol. The molecule has 0 aliphatic carbocycles. The zero-order valence-electron chi connectivity index (χ0n) is 13.8. The van der Waals surface area contributed by atoms with Gasteiger partial charge in [0.15, 0.2) is 11.6 Å². The van der Waals surface area contributed by atoms with Crippen molar-refractivity contribution in [3.05, 3.63) is 29.3 Å². The molecule has 0 bridgehead atoms. The first-order valence-corrected chi connectivity index (χ1v) is 8.46. The van der Waals surface area contributed by atoms with Crippen molar-refractivity contribution in [2.24, 2.45) is 0 Å². The summed E-state index contributed by atoms with van der Waals surface area (Å²) in [6, 6.07) is 7.61. The number of hydrogen-bond acceptors (Lipinski definition) is 4. The Morgan fingerprint density at radius 3 is 2.61 bits per heavy atom. The van der Waals surface area contributed by atoms with Crippen LogP contribution < -0.4 is 15.5 Å². The van der Waals surface area contributed by atoms with E-state index in [0.29, 0.717) is 0 Å². The highest BCUT2D eigenvalue weighted by atomic mass is 32.1. The number of imide groups is 1. The first kappa shape index (κ1) is 17.4. The van der Waals surface area contributed by atoms with Gasteiger partial charge in [-0.1, -0.05) is 12.1 Å². The van der Waals surface area contributed by atoms with E-state index in [0.717, 1.165) is 20.1 Å². The summed E-state index contributed by atoms with van der Waals surface area (Å²) in [5, 5.41) is 5.97. The standard InChI is InChI=1S/C16H22N4O2S/c1-10(2)17-16(22)19-14(21)9-20(4)11(3)15-18-12-7-5-6-8-13(12)23-15/h5-8,10-11H,9H2,1-4H3,(H2,17,19,21,22)/p+1/t11-/m1/s1. The summed E-state index contributed by atoms with van der Waals surface area (Å²) in [5.74, 6) is -0.298. The van der Waals surface area contributed by atoms with E-state index in [-0.39, 0.29) is 24.5 Å². The van der Waals surface area contributed by atoms with Gasteiger partial charge in [-0.25, -0.2) is 9.78 Å².